The SMILES string of the molecule is CC(c1cccs1)N(C)CCNCCC(C)(C)C. The number of likely N-dealkylation sites (N-methyl/N-ethyl adjacent to an activating group) is 1. The van der Waals surface area contributed by atoms with E-state index in [9.17, 15) is 0 Å². The van der Waals surface area contributed by atoms with Gasteiger partial charge in [-0.2, -0.15) is 0 Å². The Morgan fingerprint density at radius 3 is 2.61 bits per heavy atom. The van der Waals surface area contributed by atoms with Gasteiger partial charge in [-0.15, -0.1) is 11.3 Å². The highest BCUT2D eigenvalue weighted by Crippen LogP contribution is 2.22. The Bertz CT molecular complexity index is 314. The second-order valence-electron chi connectivity index (χ2n) is 6.23. The van der Waals surface area contributed by atoms with E-state index in [4.69, 9.17) is 0 Å². The zero-order chi connectivity index (χ0) is 13.6. The van der Waals surface area contributed by atoms with Crippen molar-refractivity contribution in [1.82, 2.24) is 10.2 Å². The molecule has 0 aliphatic heterocycles. The zero-order valence-corrected chi connectivity index (χ0v) is 13.3. The molecule has 0 aromatic carbocycles. The molecule has 0 saturated heterocycles. The van der Waals surface area contributed by atoms with E-state index >= 15 is 0 Å². The molecule has 0 aliphatic rings. The highest BCUT2D eigenvalue weighted by atomic mass is 32.1. The number of nitrogens with zero attached hydrogens (tertiary/aromatic N) is 1. The Morgan fingerprint density at radius 2 is 2.06 bits per heavy atom. The Balaban J connectivity index is 2.16. The van der Waals surface area contributed by atoms with E-state index in [2.05, 4.69) is 62.5 Å². The van der Waals surface area contributed by atoms with E-state index in [1.165, 1.54) is 11.3 Å². The van der Waals surface area contributed by atoms with Crippen LogP contribution in [0.25, 0.3) is 0 Å². The van der Waals surface area contributed by atoms with Gasteiger partial charge in [0.2, 0.25) is 0 Å². The zero-order valence-electron chi connectivity index (χ0n) is 12.5. The largest absolute Gasteiger partial charge is 0.315 e. The molecule has 0 bridgehead atoms. The summed E-state index contributed by atoms with van der Waals surface area (Å²) in [6, 6.07) is 4.87. The fraction of sp³-hybridized carbons (Fsp3) is 0.733. The Hall–Kier alpha value is -0.380. The van der Waals surface area contributed by atoms with Gasteiger partial charge in [-0.25, -0.2) is 0 Å². The highest BCUT2D eigenvalue weighted by Gasteiger charge is 2.12. The molecule has 0 radical (unpaired) electrons. The van der Waals surface area contributed by atoms with Crippen molar-refractivity contribution in [2.24, 2.45) is 5.41 Å². The molecule has 104 valence electrons. The second kappa shape index (κ2) is 7.27. The van der Waals surface area contributed by atoms with Gasteiger partial charge < -0.3 is 5.32 Å². The van der Waals surface area contributed by atoms with Crippen molar-refractivity contribution in [2.75, 3.05) is 26.7 Å². The summed E-state index contributed by atoms with van der Waals surface area (Å²) < 4.78 is 0. The number of hydrogen-bond donors (Lipinski definition) is 1. The third-order valence-corrected chi connectivity index (χ3v) is 4.35. The van der Waals surface area contributed by atoms with E-state index < -0.39 is 0 Å². The van der Waals surface area contributed by atoms with E-state index in [-0.39, 0.29) is 0 Å². The van der Waals surface area contributed by atoms with Gasteiger partial charge in [0, 0.05) is 24.0 Å². The molecule has 1 rings (SSSR count). The molecule has 1 heterocycles. The smallest absolute Gasteiger partial charge is 0.0410 e. The molecule has 1 aromatic heterocycles. The van der Waals surface area contributed by atoms with Crippen LogP contribution in [0, 0.1) is 5.41 Å². The van der Waals surface area contributed by atoms with Crippen molar-refractivity contribution in [3.63, 3.8) is 0 Å². The Morgan fingerprint density at radius 1 is 1.33 bits per heavy atom. The van der Waals surface area contributed by atoms with Gasteiger partial charge >= 0.3 is 0 Å². The topological polar surface area (TPSA) is 15.3 Å². The summed E-state index contributed by atoms with van der Waals surface area (Å²) in [5.74, 6) is 0. The van der Waals surface area contributed by atoms with E-state index in [1.54, 1.807) is 0 Å². The van der Waals surface area contributed by atoms with Crippen molar-refractivity contribution in [3.8, 4) is 0 Å². The molecule has 0 fully saturated rings. The van der Waals surface area contributed by atoms with Gasteiger partial charge in [0.25, 0.3) is 0 Å². The monoisotopic (exact) mass is 268 g/mol. The lowest BCUT2D eigenvalue weighted by atomic mass is 9.92. The third kappa shape index (κ3) is 5.98. The van der Waals surface area contributed by atoms with E-state index in [0.717, 1.165) is 19.6 Å². The number of hydrogen-bond acceptors (Lipinski definition) is 3. The van der Waals surface area contributed by atoms with Crippen molar-refractivity contribution in [3.05, 3.63) is 22.4 Å². The summed E-state index contributed by atoms with van der Waals surface area (Å²) >= 11 is 1.84. The maximum atomic E-state index is 3.53. The predicted octanol–water partition coefficient (Wildman–Crippen LogP) is 3.77. The molecule has 0 saturated carbocycles. The summed E-state index contributed by atoms with van der Waals surface area (Å²) in [6.07, 6.45) is 1.23. The van der Waals surface area contributed by atoms with Gasteiger partial charge in [0.1, 0.15) is 0 Å². The van der Waals surface area contributed by atoms with Crippen molar-refractivity contribution in [2.45, 2.75) is 40.2 Å². The van der Waals surface area contributed by atoms with Crippen LogP contribution >= 0.6 is 11.3 Å². The van der Waals surface area contributed by atoms with Crippen LogP contribution in [0.15, 0.2) is 17.5 Å². The summed E-state index contributed by atoms with van der Waals surface area (Å²) in [4.78, 5) is 3.86. The first-order chi connectivity index (χ1) is 8.40. The maximum absolute atomic E-state index is 3.53. The molecule has 1 aromatic rings. The normalized spacial score (nSPS) is 14.1. The van der Waals surface area contributed by atoms with Crippen molar-refractivity contribution >= 4 is 11.3 Å². The average Bonchev–Trinajstić information content (AvgIpc) is 2.79. The lowest BCUT2D eigenvalue weighted by Gasteiger charge is -2.24. The number of nitrogens with one attached hydrogen (secondary N) is 1. The maximum Gasteiger partial charge on any atom is 0.0410 e. The minimum atomic E-state index is 0.434. The lowest BCUT2D eigenvalue weighted by molar-refractivity contribution is 0.261. The molecule has 1 N–H and O–H groups in total. The van der Waals surface area contributed by atoms with Crippen LogP contribution in [-0.2, 0) is 0 Å². The molecule has 0 aliphatic carbocycles. The fourth-order valence-corrected chi connectivity index (χ4v) is 2.63. The molecular formula is C15H28N2S. The molecule has 0 amide bonds. The van der Waals surface area contributed by atoms with Crippen LogP contribution in [0.3, 0.4) is 0 Å². The van der Waals surface area contributed by atoms with Gasteiger partial charge in [0.05, 0.1) is 0 Å². The van der Waals surface area contributed by atoms with Crippen molar-refractivity contribution < 1.29 is 0 Å². The molecule has 0 spiro atoms. The van der Waals surface area contributed by atoms with Crippen LogP contribution in [0.1, 0.15) is 45.0 Å². The van der Waals surface area contributed by atoms with E-state index in [1.807, 2.05) is 11.3 Å². The molecule has 3 heteroatoms. The van der Waals surface area contributed by atoms with Crippen LogP contribution in [0.4, 0.5) is 0 Å². The fourth-order valence-electron chi connectivity index (χ4n) is 1.78. The number of thiophene rings is 1. The van der Waals surface area contributed by atoms with Crippen LogP contribution in [-0.4, -0.2) is 31.6 Å². The van der Waals surface area contributed by atoms with Crippen LogP contribution in [0.5, 0.6) is 0 Å². The summed E-state index contributed by atoms with van der Waals surface area (Å²) in [5.41, 5.74) is 0.434. The predicted molar refractivity (Wildman–Crippen MR) is 82.3 cm³/mol. The van der Waals surface area contributed by atoms with Crippen molar-refractivity contribution in [1.29, 1.82) is 0 Å². The average molecular weight is 268 g/mol. The third-order valence-electron chi connectivity index (χ3n) is 3.31. The summed E-state index contributed by atoms with van der Waals surface area (Å²) in [6.45, 7) is 12.4. The highest BCUT2D eigenvalue weighted by molar-refractivity contribution is 7.10. The molecule has 18 heavy (non-hydrogen) atoms. The Labute approximate surface area is 116 Å². The quantitative estimate of drug-likeness (QED) is 0.757. The minimum Gasteiger partial charge on any atom is -0.315 e. The number of rotatable bonds is 7. The van der Waals surface area contributed by atoms with Gasteiger partial charge in [0.15, 0.2) is 0 Å². The Kier molecular flexibility index (Phi) is 6.33. The van der Waals surface area contributed by atoms with Gasteiger partial charge in [-0.05, 0) is 43.8 Å². The molecular weight excluding hydrogens is 240 g/mol. The first-order valence-electron chi connectivity index (χ1n) is 6.84. The molecule has 1 atom stereocenters. The first-order valence-corrected chi connectivity index (χ1v) is 7.72. The summed E-state index contributed by atoms with van der Waals surface area (Å²) in [7, 11) is 2.20. The van der Waals surface area contributed by atoms with E-state index in [0.29, 0.717) is 11.5 Å². The standard InChI is InChI=1S/C15H28N2S/c1-13(14-7-6-12-18-14)17(5)11-10-16-9-8-15(2,3)4/h6-7,12-13,16H,8-11H2,1-5H3. The molecule has 2 nitrogen and oxygen atoms in total. The molecule has 1 unspecified atom stereocenters. The van der Waals surface area contributed by atoms with Crippen LogP contribution < -0.4 is 5.32 Å². The first kappa shape index (κ1) is 15.7. The summed E-state index contributed by atoms with van der Waals surface area (Å²) in [5, 5.41) is 5.69. The van der Waals surface area contributed by atoms with Crippen LogP contribution in [0.2, 0.25) is 0 Å². The van der Waals surface area contributed by atoms with Gasteiger partial charge in [-0.3, -0.25) is 4.90 Å². The lowest BCUT2D eigenvalue weighted by Crippen LogP contribution is -2.32. The van der Waals surface area contributed by atoms with Gasteiger partial charge in [-0.1, -0.05) is 26.8 Å². The second-order valence-corrected chi connectivity index (χ2v) is 7.21. The minimum absolute atomic E-state index is 0.434.